The van der Waals surface area contributed by atoms with Gasteiger partial charge in [-0.15, -0.1) is 0 Å². The van der Waals surface area contributed by atoms with Crippen molar-refractivity contribution in [2.45, 2.75) is 70.9 Å². The van der Waals surface area contributed by atoms with Crippen molar-refractivity contribution >= 4 is 90.4 Å². The van der Waals surface area contributed by atoms with E-state index in [2.05, 4.69) is 10.6 Å². The molecule has 4 rings (SSSR count). The number of aliphatic carboxylic acids is 2. The second-order valence-electron chi connectivity index (χ2n) is 14.9. The number of hydrogen-bond donors (Lipinski definition) is 4. The smallest absolute Gasteiger partial charge is 0.327 e. The molecule has 0 aliphatic heterocycles. The fourth-order valence-corrected chi connectivity index (χ4v) is 11.1. The summed E-state index contributed by atoms with van der Waals surface area (Å²) < 4.78 is 10.2. The molecule has 1 aliphatic rings. The first-order valence-corrected chi connectivity index (χ1v) is 26.7. The lowest BCUT2D eigenvalue weighted by Crippen LogP contribution is -2.43. The highest BCUT2D eigenvalue weighted by Gasteiger charge is 2.27. The van der Waals surface area contributed by atoms with Gasteiger partial charge in [-0.2, -0.15) is 0 Å². The summed E-state index contributed by atoms with van der Waals surface area (Å²) in [5, 5.41) is 24.0. The average molecular weight is 995 g/mol. The normalized spacial score (nSPS) is 13.5. The molecule has 0 spiro atoms. The lowest BCUT2D eigenvalue weighted by Gasteiger charge is -2.17. The highest BCUT2D eigenvalue weighted by molar-refractivity contribution is 8.77. The molecular formula is C49H58N2O12S4. The maximum absolute atomic E-state index is 12.6. The predicted octanol–water partition coefficient (Wildman–Crippen LogP) is 7.16. The maximum atomic E-state index is 12.6. The van der Waals surface area contributed by atoms with E-state index in [0.29, 0.717) is 17.1 Å². The molecule has 360 valence electrons. The SMILES string of the molecule is CCOC(=O)C(CSSCC(NC(=O)Cc1ccccc1)C(=O)O)CC(=O)C1=CCCC=C1.CCOC(=O)C(CSSCC(NC(=O)Cc1ccccc1)C(=O)O)CC(=O)Cc1ccccc1. The Labute approximate surface area is 407 Å². The Hall–Kier alpha value is -5.30. The van der Waals surface area contributed by atoms with Crippen molar-refractivity contribution in [2.24, 2.45) is 11.8 Å². The number of amides is 2. The van der Waals surface area contributed by atoms with Gasteiger partial charge in [-0.25, -0.2) is 9.59 Å². The van der Waals surface area contributed by atoms with E-state index in [1.165, 1.54) is 43.2 Å². The monoisotopic (exact) mass is 994 g/mol. The molecule has 18 heteroatoms. The number of ketones is 2. The predicted molar refractivity (Wildman–Crippen MR) is 265 cm³/mol. The summed E-state index contributed by atoms with van der Waals surface area (Å²) in [6.07, 6.45) is 7.83. The van der Waals surface area contributed by atoms with Gasteiger partial charge in [0.2, 0.25) is 11.8 Å². The molecule has 4 atom stereocenters. The van der Waals surface area contributed by atoms with E-state index in [-0.39, 0.29) is 80.2 Å². The summed E-state index contributed by atoms with van der Waals surface area (Å²) >= 11 is 0. The van der Waals surface area contributed by atoms with Crippen molar-refractivity contribution in [3.63, 3.8) is 0 Å². The first kappa shape index (κ1) is 56.0. The van der Waals surface area contributed by atoms with Crippen LogP contribution in [0.1, 0.15) is 56.2 Å². The number of hydrogen-bond acceptors (Lipinski definition) is 14. The van der Waals surface area contributed by atoms with Gasteiger partial charge in [-0.1, -0.05) is 152 Å². The highest BCUT2D eigenvalue weighted by atomic mass is 33.1. The fraction of sp³-hybridized carbons (Fsp3) is 0.388. The van der Waals surface area contributed by atoms with E-state index >= 15 is 0 Å². The number of esters is 2. The van der Waals surface area contributed by atoms with Crippen molar-refractivity contribution in [1.29, 1.82) is 0 Å². The van der Waals surface area contributed by atoms with Crippen molar-refractivity contribution in [1.82, 2.24) is 10.6 Å². The van der Waals surface area contributed by atoms with Crippen LogP contribution in [0.3, 0.4) is 0 Å². The van der Waals surface area contributed by atoms with Crippen LogP contribution in [0.4, 0.5) is 0 Å². The Morgan fingerprint density at radius 3 is 1.34 bits per heavy atom. The zero-order valence-corrected chi connectivity index (χ0v) is 40.8. The third-order valence-corrected chi connectivity index (χ3v) is 14.5. The molecule has 0 heterocycles. The van der Waals surface area contributed by atoms with Gasteiger partial charge in [0.1, 0.15) is 17.9 Å². The van der Waals surface area contributed by atoms with E-state index in [0.717, 1.165) is 29.5 Å². The van der Waals surface area contributed by atoms with Crippen LogP contribution in [0, 0.1) is 11.8 Å². The zero-order chi connectivity index (χ0) is 48.8. The number of rotatable bonds is 29. The minimum atomic E-state index is -1.13. The summed E-state index contributed by atoms with van der Waals surface area (Å²) in [6.45, 7) is 3.85. The number of Topliss-reactive ketones (excluding diaryl/α,β-unsaturated/α-hetero) is 2. The first-order chi connectivity index (χ1) is 32.3. The van der Waals surface area contributed by atoms with Crippen LogP contribution in [0.15, 0.2) is 115 Å². The third kappa shape index (κ3) is 23.3. The number of ether oxygens (including phenoxy) is 2. The van der Waals surface area contributed by atoms with Crippen LogP contribution >= 0.6 is 43.2 Å². The Morgan fingerprint density at radius 1 is 0.552 bits per heavy atom. The largest absolute Gasteiger partial charge is 0.480 e. The highest BCUT2D eigenvalue weighted by Crippen LogP contribution is 2.29. The van der Waals surface area contributed by atoms with Gasteiger partial charge in [0.25, 0.3) is 0 Å². The summed E-state index contributed by atoms with van der Waals surface area (Å²) in [5.41, 5.74) is 3.09. The molecule has 0 aromatic heterocycles. The zero-order valence-electron chi connectivity index (χ0n) is 37.5. The van der Waals surface area contributed by atoms with Crippen LogP contribution < -0.4 is 10.6 Å². The third-order valence-electron chi connectivity index (χ3n) is 9.56. The number of nitrogens with one attached hydrogen (secondary N) is 2. The molecule has 1 aliphatic carbocycles. The Kier molecular flexibility index (Phi) is 27.1. The summed E-state index contributed by atoms with van der Waals surface area (Å²) in [4.78, 5) is 97.2. The topological polar surface area (TPSA) is 220 Å². The summed E-state index contributed by atoms with van der Waals surface area (Å²) in [6, 6.07) is 25.3. The Morgan fingerprint density at radius 2 is 0.955 bits per heavy atom. The lowest BCUT2D eigenvalue weighted by molar-refractivity contribution is -0.149. The molecule has 0 radical (unpaired) electrons. The second-order valence-corrected chi connectivity index (χ2v) is 20.1. The molecule has 0 saturated carbocycles. The number of carboxylic acids is 2. The minimum absolute atomic E-state index is 0.0404. The molecule has 2 amide bonds. The Bertz CT molecular complexity index is 2120. The summed E-state index contributed by atoms with van der Waals surface area (Å²) in [5.74, 6) is -4.45. The molecule has 67 heavy (non-hydrogen) atoms. The number of allylic oxidation sites excluding steroid dienone is 4. The molecule has 0 fully saturated rings. The maximum Gasteiger partial charge on any atom is 0.327 e. The van der Waals surface area contributed by atoms with Gasteiger partial charge in [0.05, 0.1) is 37.9 Å². The average Bonchev–Trinajstić information content (AvgIpc) is 3.31. The molecule has 4 N–H and O–H groups in total. The number of carbonyl (C=O) groups is 8. The van der Waals surface area contributed by atoms with E-state index < -0.39 is 47.8 Å². The summed E-state index contributed by atoms with van der Waals surface area (Å²) in [7, 11) is 5.05. The van der Waals surface area contributed by atoms with Crippen LogP contribution in [-0.2, 0) is 67.1 Å². The number of carbonyl (C=O) groups excluding carboxylic acids is 6. The van der Waals surface area contributed by atoms with E-state index in [9.17, 15) is 48.6 Å². The number of benzene rings is 3. The van der Waals surface area contributed by atoms with Crippen LogP contribution in [0.2, 0.25) is 0 Å². The molecular weight excluding hydrogens is 937 g/mol. The van der Waals surface area contributed by atoms with Gasteiger partial charge in [-0.05, 0) is 43.4 Å². The molecule has 4 unspecified atom stereocenters. The lowest BCUT2D eigenvalue weighted by atomic mass is 9.96. The molecule has 0 saturated heterocycles. The van der Waals surface area contributed by atoms with Crippen molar-refractivity contribution in [2.75, 3.05) is 36.2 Å². The van der Waals surface area contributed by atoms with E-state index in [1.807, 2.05) is 78.9 Å². The first-order valence-electron chi connectivity index (χ1n) is 21.7. The Balaban J connectivity index is 0.000000355. The van der Waals surface area contributed by atoms with Crippen molar-refractivity contribution < 1.29 is 58.0 Å². The van der Waals surface area contributed by atoms with Crippen LogP contribution in [0.25, 0.3) is 0 Å². The van der Waals surface area contributed by atoms with Gasteiger partial charge in [0, 0.05) is 47.8 Å². The quantitative estimate of drug-likeness (QED) is 0.0308. The standard InChI is InChI=1S/C25H29NO6S2.C24H29NO6S2/c1-2-32-25(31)20(15-21(27)13-18-9-5-3-6-10-18)16-33-34-17-22(24(29)30)26-23(28)14-19-11-7-4-8-12-19;1-2-31-24(30)19(14-21(26)18-11-7-4-8-12-18)15-32-33-16-20(23(28)29)25-22(27)13-17-9-5-3-6-10-17/h3-12,20,22H,2,13-17H2,1H3,(H,26,28)(H,29,30);3,5-7,9-12,19-20H,2,4,8,13-16H2,1H3,(H,25,27)(H,28,29). The van der Waals surface area contributed by atoms with Crippen molar-refractivity contribution in [3.8, 4) is 0 Å². The van der Waals surface area contributed by atoms with Gasteiger partial charge in [0.15, 0.2) is 5.78 Å². The van der Waals surface area contributed by atoms with Crippen LogP contribution in [0.5, 0.6) is 0 Å². The van der Waals surface area contributed by atoms with Gasteiger partial charge < -0.3 is 30.3 Å². The molecule has 3 aromatic carbocycles. The molecule has 0 bridgehead atoms. The van der Waals surface area contributed by atoms with Crippen molar-refractivity contribution in [3.05, 3.63) is 131 Å². The van der Waals surface area contributed by atoms with Gasteiger partial charge in [-0.3, -0.25) is 28.8 Å². The van der Waals surface area contributed by atoms with E-state index in [1.54, 1.807) is 44.2 Å². The molecule has 3 aromatic rings. The second kappa shape index (κ2) is 32.4. The fourth-order valence-electron chi connectivity index (χ4n) is 6.17. The number of carboxylic acid groups (broad SMARTS) is 2. The van der Waals surface area contributed by atoms with Crippen LogP contribution in [-0.4, -0.2) is 106 Å². The minimum Gasteiger partial charge on any atom is -0.480 e. The van der Waals surface area contributed by atoms with Gasteiger partial charge >= 0.3 is 23.9 Å². The molecule has 14 nitrogen and oxygen atoms in total. The van der Waals surface area contributed by atoms with E-state index in [4.69, 9.17) is 9.47 Å².